The lowest BCUT2D eigenvalue weighted by Gasteiger charge is -2.07. The van der Waals surface area contributed by atoms with Crippen molar-refractivity contribution in [2.75, 3.05) is 7.11 Å². The van der Waals surface area contributed by atoms with Gasteiger partial charge in [0.15, 0.2) is 0 Å². The number of esters is 1. The van der Waals surface area contributed by atoms with E-state index in [0.29, 0.717) is 5.70 Å². The Morgan fingerprint density at radius 1 is 1.50 bits per heavy atom. The molecule has 0 amide bonds. The zero-order valence-corrected chi connectivity index (χ0v) is 7.81. The van der Waals surface area contributed by atoms with Crippen molar-refractivity contribution in [2.24, 2.45) is 5.73 Å². The van der Waals surface area contributed by atoms with Crippen LogP contribution in [0.2, 0.25) is 0 Å². The van der Waals surface area contributed by atoms with Crippen LogP contribution < -0.4 is 5.73 Å². The molecule has 68 valence electrons. The summed E-state index contributed by atoms with van der Waals surface area (Å²) in [7, 11) is 1.35. The Labute approximate surface area is 72.9 Å². The Bertz CT molecular complexity index is 225. The lowest BCUT2D eigenvalue weighted by atomic mass is 10.0. The lowest BCUT2D eigenvalue weighted by Crippen LogP contribution is -2.07. The van der Waals surface area contributed by atoms with E-state index < -0.39 is 0 Å². The third kappa shape index (κ3) is 3.23. The Kier molecular flexibility index (Phi) is 4.11. The van der Waals surface area contributed by atoms with E-state index in [1.165, 1.54) is 7.11 Å². The smallest absolute Gasteiger partial charge is 0.310 e. The van der Waals surface area contributed by atoms with Crippen LogP contribution in [0.4, 0.5) is 0 Å². The Balaban J connectivity index is 4.48. The minimum atomic E-state index is -0.294. The van der Waals surface area contributed by atoms with Crippen LogP contribution in [0.5, 0.6) is 0 Å². The van der Waals surface area contributed by atoms with Gasteiger partial charge in [-0.2, -0.15) is 0 Å². The zero-order chi connectivity index (χ0) is 9.72. The molecule has 3 nitrogen and oxygen atoms in total. The highest BCUT2D eigenvalue weighted by atomic mass is 16.5. The largest absolute Gasteiger partial charge is 0.469 e. The van der Waals surface area contributed by atoms with E-state index in [1.807, 2.05) is 6.92 Å². The monoisotopic (exact) mass is 169 g/mol. The second kappa shape index (κ2) is 4.59. The molecule has 0 radical (unpaired) electrons. The summed E-state index contributed by atoms with van der Waals surface area (Å²) < 4.78 is 4.51. The predicted molar refractivity (Wildman–Crippen MR) is 48.3 cm³/mol. The molecule has 12 heavy (non-hydrogen) atoms. The maximum atomic E-state index is 10.9. The molecule has 0 saturated heterocycles. The van der Waals surface area contributed by atoms with Gasteiger partial charge in [-0.25, -0.2) is 0 Å². The van der Waals surface area contributed by atoms with Gasteiger partial charge in [-0.15, -0.1) is 0 Å². The summed E-state index contributed by atoms with van der Waals surface area (Å²) in [4.78, 5) is 10.9. The van der Waals surface area contributed by atoms with Crippen LogP contribution in [-0.4, -0.2) is 13.1 Å². The van der Waals surface area contributed by atoms with Crippen molar-refractivity contribution in [1.82, 2.24) is 0 Å². The molecular weight excluding hydrogens is 154 g/mol. The molecule has 0 aromatic rings. The van der Waals surface area contributed by atoms with Crippen molar-refractivity contribution < 1.29 is 9.53 Å². The number of allylic oxidation sites excluding steroid dienone is 2. The first-order valence-corrected chi connectivity index (χ1v) is 3.67. The maximum absolute atomic E-state index is 10.9. The fourth-order valence-electron chi connectivity index (χ4n) is 0.843. The fourth-order valence-corrected chi connectivity index (χ4v) is 0.843. The van der Waals surface area contributed by atoms with E-state index in [-0.39, 0.29) is 12.4 Å². The Morgan fingerprint density at radius 3 is 2.25 bits per heavy atom. The third-order valence-electron chi connectivity index (χ3n) is 1.54. The number of rotatable bonds is 3. The van der Waals surface area contributed by atoms with Crippen LogP contribution in [-0.2, 0) is 9.53 Å². The highest BCUT2D eigenvalue weighted by molar-refractivity contribution is 5.73. The standard InChI is InChI=1S/C9H15NO2/c1-6(2)8(7(3)10)5-9(11)12-4/h1,5,10H2,2-4H3/b8-7-. The van der Waals surface area contributed by atoms with Crippen molar-refractivity contribution in [2.45, 2.75) is 20.3 Å². The lowest BCUT2D eigenvalue weighted by molar-refractivity contribution is -0.139. The van der Waals surface area contributed by atoms with Crippen LogP contribution in [0, 0.1) is 0 Å². The summed E-state index contributed by atoms with van der Waals surface area (Å²) >= 11 is 0. The molecule has 2 N–H and O–H groups in total. The molecule has 0 heterocycles. The van der Waals surface area contributed by atoms with Crippen LogP contribution >= 0.6 is 0 Å². The van der Waals surface area contributed by atoms with Gasteiger partial charge >= 0.3 is 5.97 Å². The Morgan fingerprint density at radius 2 is 2.00 bits per heavy atom. The molecule has 0 aromatic heterocycles. The summed E-state index contributed by atoms with van der Waals surface area (Å²) in [6.07, 6.45) is 0.203. The van der Waals surface area contributed by atoms with Crippen molar-refractivity contribution in [3.05, 3.63) is 23.4 Å². The van der Waals surface area contributed by atoms with Crippen molar-refractivity contribution in [1.29, 1.82) is 0 Å². The van der Waals surface area contributed by atoms with Crippen LogP contribution in [0.15, 0.2) is 23.4 Å². The molecule has 0 atom stereocenters. The number of nitrogens with two attached hydrogens (primary N) is 1. The normalized spacial score (nSPS) is 11.9. The van der Waals surface area contributed by atoms with E-state index in [4.69, 9.17) is 5.73 Å². The van der Waals surface area contributed by atoms with Crippen LogP contribution in [0.25, 0.3) is 0 Å². The highest BCUT2D eigenvalue weighted by Gasteiger charge is 2.08. The van der Waals surface area contributed by atoms with E-state index in [1.54, 1.807) is 6.92 Å². The van der Waals surface area contributed by atoms with Gasteiger partial charge in [-0.05, 0) is 19.4 Å². The molecule has 0 aliphatic carbocycles. The SMILES string of the molecule is C=C(C)/C(CC(=O)OC)=C(/C)N. The fraction of sp³-hybridized carbons (Fsp3) is 0.444. The molecule has 0 aromatic carbocycles. The van der Waals surface area contributed by atoms with Gasteiger partial charge < -0.3 is 10.5 Å². The summed E-state index contributed by atoms with van der Waals surface area (Å²) in [5.41, 5.74) is 7.74. The predicted octanol–water partition coefficient (Wildman–Crippen LogP) is 1.36. The number of hydrogen-bond donors (Lipinski definition) is 1. The molecule has 0 saturated carbocycles. The molecule has 0 aliphatic rings. The molecule has 0 bridgehead atoms. The molecule has 0 rings (SSSR count). The number of hydrogen-bond acceptors (Lipinski definition) is 3. The minimum Gasteiger partial charge on any atom is -0.469 e. The van der Waals surface area contributed by atoms with Crippen LogP contribution in [0.1, 0.15) is 20.3 Å². The maximum Gasteiger partial charge on any atom is 0.310 e. The topological polar surface area (TPSA) is 52.3 Å². The first-order valence-electron chi connectivity index (χ1n) is 3.67. The highest BCUT2D eigenvalue weighted by Crippen LogP contribution is 2.14. The summed E-state index contributed by atoms with van der Waals surface area (Å²) in [5, 5.41) is 0. The van der Waals surface area contributed by atoms with Gasteiger partial charge in [0.1, 0.15) is 0 Å². The number of carbonyl (C=O) groups excluding carboxylic acids is 1. The first-order chi connectivity index (χ1) is 5.49. The molecule has 0 aliphatic heterocycles. The molecule has 0 spiro atoms. The zero-order valence-electron chi connectivity index (χ0n) is 7.81. The van der Waals surface area contributed by atoms with E-state index in [9.17, 15) is 4.79 Å². The third-order valence-corrected chi connectivity index (χ3v) is 1.54. The van der Waals surface area contributed by atoms with Gasteiger partial charge in [0.25, 0.3) is 0 Å². The van der Waals surface area contributed by atoms with Crippen molar-refractivity contribution in [3.8, 4) is 0 Å². The Hall–Kier alpha value is -1.25. The quantitative estimate of drug-likeness (QED) is 0.512. The van der Waals surface area contributed by atoms with Gasteiger partial charge in [0, 0.05) is 5.70 Å². The van der Waals surface area contributed by atoms with Gasteiger partial charge in [0.2, 0.25) is 0 Å². The van der Waals surface area contributed by atoms with E-state index in [0.717, 1.165) is 11.1 Å². The number of carbonyl (C=O) groups is 1. The van der Waals surface area contributed by atoms with Gasteiger partial charge in [-0.1, -0.05) is 12.2 Å². The van der Waals surface area contributed by atoms with Crippen molar-refractivity contribution in [3.63, 3.8) is 0 Å². The van der Waals surface area contributed by atoms with E-state index >= 15 is 0 Å². The number of methoxy groups -OCH3 is 1. The second-order valence-corrected chi connectivity index (χ2v) is 2.69. The van der Waals surface area contributed by atoms with E-state index in [2.05, 4.69) is 11.3 Å². The summed E-state index contributed by atoms with van der Waals surface area (Å²) in [6.45, 7) is 7.28. The van der Waals surface area contributed by atoms with Gasteiger partial charge in [0.05, 0.1) is 13.5 Å². The molecular formula is C9H15NO2. The number of ether oxygens (including phenoxy) is 1. The average Bonchev–Trinajstić information content (AvgIpc) is 1.98. The molecule has 0 fully saturated rings. The minimum absolute atomic E-state index is 0.203. The average molecular weight is 169 g/mol. The van der Waals surface area contributed by atoms with Crippen LogP contribution in [0.3, 0.4) is 0 Å². The molecule has 0 unspecified atom stereocenters. The van der Waals surface area contributed by atoms with Gasteiger partial charge in [-0.3, -0.25) is 4.79 Å². The first kappa shape index (κ1) is 10.8. The summed E-state index contributed by atoms with van der Waals surface area (Å²) in [5.74, 6) is -0.294. The summed E-state index contributed by atoms with van der Waals surface area (Å²) in [6, 6.07) is 0. The second-order valence-electron chi connectivity index (χ2n) is 2.69. The van der Waals surface area contributed by atoms with Crippen molar-refractivity contribution >= 4 is 5.97 Å². The molecule has 3 heteroatoms.